The van der Waals surface area contributed by atoms with Gasteiger partial charge in [-0.3, -0.25) is 9.97 Å². The highest BCUT2D eigenvalue weighted by molar-refractivity contribution is 5.95. The Morgan fingerprint density at radius 2 is 1.20 bits per heavy atom. The van der Waals surface area contributed by atoms with Gasteiger partial charge in [0.1, 0.15) is 11.5 Å². The van der Waals surface area contributed by atoms with Crippen LogP contribution in [0, 0.1) is 20.8 Å². The highest BCUT2D eigenvalue weighted by Crippen LogP contribution is 2.56. The minimum absolute atomic E-state index is 0.607. The van der Waals surface area contributed by atoms with Gasteiger partial charge in [0.25, 0.3) is 0 Å². The van der Waals surface area contributed by atoms with Crippen molar-refractivity contribution in [2.45, 2.75) is 26.2 Å². The molecule has 8 aromatic rings. The van der Waals surface area contributed by atoms with Gasteiger partial charge in [-0.1, -0.05) is 109 Å². The summed E-state index contributed by atoms with van der Waals surface area (Å²) in [5, 5.41) is 2.26. The molecular formula is C48H36N2O. The number of aryl methyl sites for hydroxylation is 3. The number of hydrogen-bond donors (Lipinski definition) is 0. The van der Waals surface area contributed by atoms with Gasteiger partial charge in [-0.15, -0.1) is 0 Å². The van der Waals surface area contributed by atoms with Crippen LogP contribution in [0.2, 0.25) is 0 Å². The van der Waals surface area contributed by atoms with Gasteiger partial charge in [-0.25, -0.2) is 0 Å². The zero-order chi connectivity index (χ0) is 34.5. The number of fused-ring (bicyclic) bond motifs is 4. The molecule has 0 N–H and O–H groups in total. The van der Waals surface area contributed by atoms with Crippen LogP contribution in [0.3, 0.4) is 0 Å². The number of nitrogens with zero attached hydrogens (tertiary/aromatic N) is 2. The summed E-state index contributed by atoms with van der Waals surface area (Å²) in [6, 6.07) is 53.8. The fraction of sp³-hybridized carbons (Fsp3) is 0.0833. The van der Waals surface area contributed by atoms with Crippen LogP contribution in [0.15, 0.2) is 164 Å². The highest BCUT2D eigenvalue weighted by atomic mass is 16.5. The lowest BCUT2D eigenvalue weighted by Gasteiger charge is -2.32. The molecule has 2 heterocycles. The maximum absolute atomic E-state index is 6.93. The summed E-state index contributed by atoms with van der Waals surface area (Å²) in [5.41, 5.74) is 14.4. The third kappa shape index (κ3) is 5.04. The summed E-state index contributed by atoms with van der Waals surface area (Å²) in [6.45, 7) is 6.54. The predicted molar refractivity (Wildman–Crippen MR) is 208 cm³/mol. The van der Waals surface area contributed by atoms with Crippen molar-refractivity contribution < 1.29 is 4.74 Å². The molecule has 0 bridgehead atoms. The van der Waals surface area contributed by atoms with Gasteiger partial charge in [0.2, 0.25) is 0 Å². The number of aromatic nitrogens is 2. The number of benzene rings is 6. The van der Waals surface area contributed by atoms with E-state index in [-0.39, 0.29) is 0 Å². The van der Waals surface area contributed by atoms with Crippen molar-refractivity contribution in [1.82, 2.24) is 9.97 Å². The molecule has 1 aliphatic rings. The fourth-order valence-corrected chi connectivity index (χ4v) is 8.41. The van der Waals surface area contributed by atoms with Crippen LogP contribution < -0.4 is 4.74 Å². The second-order valence-electron chi connectivity index (χ2n) is 13.6. The second-order valence-corrected chi connectivity index (χ2v) is 13.6. The van der Waals surface area contributed by atoms with Crippen LogP contribution in [0.4, 0.5) is 0 Å². The summed E-state index contributed by atoms with van der Waals surface area (Å²) in [6.07, 6.45) is 3.79. The first kappa shape index (κ1) is 30.7. The molecule has 9 rings (SSSR count). The number of hydrogen-bond acceptors (Lipinski definition) is 3. The number of pyridine rings is 2. The van der Waals surface area contributed by atoms with E-state index in [1.165, 1.54) is 44.5 Å². The van der Waals surface area contributed by atoms with Crippen LogP contribution in [-0.2, 0) is 5.41 Å². The van der Waals surface area contributed by atoms with E-state index in [1.807, 2.05) is 24.5 Å². The van der Waals surface area contributed by atoms with E-state index in [9.17, 15) is 0 Å². The van der Waals surface area contributed by atoms with Crippen molar-refractivity contribution >= 4 is 10.8 Å². The van der Waals surface area contributed by atoms with E-state index in [0.717, 1.165) is 50.3 Å². The van der Waals surface area contributed by atoms with Gasteiger partial charge < -0.3 is 4.74 Å². The third-order valence-electron chi connectivity index (χ3n) is 10.3. The van der Waals surface area contributed by atoms with Crippen molar-refractivity contribution in [2.24, 2.45) is 0 Å². The van der Waals surface area contributed by atoms with Crippen LogP contribution in [0.25, 0.3) is 44.3 Å². The average molecular weight is 657 g/mol. The fourth-order valence-electron chi connectivity index (χ4n) is 8.41. The van der Waals surface area contributed by atoms with Gasteiger partial charge in [-0.05, 0) is 125 Å². The summed E-state index contributed by atoms with van der Waals surface area (Å²) >= 11 is 0. The molecule has 51 heavy (non-hydrogen) atoms. The first-order chi connectivity index (χ1) is 25.0. The molecule has 0 saturated carbocycles. The summed E-state index contributed by atoms with van der Waals surface area (Å²) in [4.78, 5) is 9.92. The van der Waals surface area contributed by atoms with Crippen LogP contribution in [0.5, 0.6) is 11.5 Å². The Bertz CT molecular complexity index is 2530. The van der Waals surface area contributed by atoms with Crippen molar-refractivity contribution in [3.8, 4) is 45.0 Å². The van der Waals surface area contributed by atoms with Crippen LogP contribution in [-0.4, -0.2) is 9.97 Å². The molecule has 0 radical (unpaired) electrons. The zero-order valence-corrected chi connectivity index (χ0v) is 28.9. The number of rotatable bonds is 6. The van der Waals surface area contributed by atoms with E-state index in [0.29, 0.717) is 0 Å². The highest BCUT2D eigenvalue weighted by Gasteiger charge is 2.47. The second kappa shape index (κ2) is 12.2. The van der Waals surface area contributed by atoms with Crippen molar-refractivity contribution in [3.63, 3.8) is 0 Å². The van der Waals surface area contributed by atoms with Gasteiger partial charge >= 0.3 is 0 Å². The average Bonchev–Trinajstić information content (AvgIpc) is 3.46. The molecule has 3 heteroatoms. The Balaban J connectivity index is 1.23. The first-order valence-electron chi connectivity index (χ1n) is 17.5. The van der Waals surface area contributed by atoms with E-state index in [4.69, 9.17) is 14.7 Å². The molecule has 6 aromatic carbocycles. The van der Waals surface area contributed by atoms with Crippen molar-refractivity contribution in [3.05, 3.63) is 203 Å². The van der Waals surface area contributed by atoms with Crippen molar-refractivity contribution in [2.75, 3.05) is 0 Å². The SMILES string of the molecule is Cc1cc(C)c(-c2cc(Oc3cccc(C4(c5ccccn5)c5ccccc5-c5ccccc54)c3)cc(-c3nccc4ccccc34)c2)c(C)c1. The van der Waals surface area contributed by atoms with Crippen LogP contribution in [0.1, 0.15) is 39.1 Å². The topological polar surface area (TPSA) is 35.0 Å². The summed E-state index contributed by atoms with van der Waals surface area (Å²) in [7, 11) is 0. The zero-order valence-electron chi connectivity index (χ0n) is 28.9. The molecule has 0 spiro atoms. The third-order valence-corrected chi connectivity index (χ3v) is 10.3. The Morgan fingerprint density at radius 1 is 0.510 bits per heavy atom. The largest absolute Gasteiger partial charge is 0.457 e. The Morgan fingerprint density at radius 3 is 1.94 bits per heavy atom. The van der Waals surface area contributed by atoms with Gasteiger partial charge in [-0.2, -0.15) is 0 Å². The van der Waals surface area contributed by atoms with E-state index in [2.05, 4.69) is 160 Å². The lowest BCUT2D eigenvalue weighted by atomic mass is 9.70. The predicted octanol–water partition coefficient (Wildman–Crippen LogP) is 12.0. The Labute approximate surface area is 298 Å². The lowest BCUT2D eigenvalue weighted by Crippen LogP contribution is -2.29. The monoisotopic (exact) mass is 656 g/mol. The minimum atomic E-state index is -0.607. The summed E-state index contributed by atoms with van der Waals surface area (Å²) < 4.78 is 6.93. The molecule has 1 aliphatic carbocycles. The molecular weight excluding hydrogens is 621 g/mol. The van der Waals surface area contributed by atoms with Gasteiger partial charge in [0.15, 0.2) is 0 Å². The summed E-state index contributed by atoms with van der Waals surface area (Å²) in [5.74, 6) is 1.52. The maximum Gasteiger partial charge on any atom is 0.128 e. The minimum Gasteiger partial charge on any atom is -0.457 e. The molecule has 2 aromatic heterocycles. The molecule has 0 saturated heterocycles. The van der Waals surface area contributed by atoms with E-state index < -0.39 is 5.41 Å². The molecule has 0 fully saturated rings. The molecule has 244 valence electrons. The molecule has 0 unspecified atom stereocenters. The maximum atomic E-state index is 6.93. The van der Waals surface area contributed by atoms with E-state index >= 15 is 0 Å². The van der Waals surface area contributed by atoms with Crippen LogP contribution >= 0.6 is 0 Å². The number of ether oxygens (including phenoxy) is 1. The molecule has 0 amide bonds. The van der Waals surface area contributed by atoms with Gasteiger partial charge in [0, 0.05) is 23.3 Å². The van der Waals surface area contributed by atoms with Gasteiger partial charge in [0.05, 0.1) is 16.8 Å². The smallest absolute Gasteiger partial charge is 0.128 e. The van der Waals surface area contributed by atoms with E-state index in [1.54, 1.807) is 0 Å². The first-order valence-corrected chi connectivity index (χ1v) is 17.5. The quantitative estimate of drug-likeness (QED) is 0.179. The lowest BCUT2D eigenvalue weighted by molar-refractivity contribution is 0.481. The van der Waals surface area contributed by atoms with Crippen molar-refractivity contribution in [1.29, 1.82) is 0 Å². The molecule has 0 atom stereocenters. The Kier molecular flexibility index (Phi) is 7.36. The standard InChI is InChI=1S/C48H36N2O/c1-31-25-32(2)46(33(3)26-31)35-27-36(47-40-16-5-4-13-34(40)22-24-50-47)29-39(28-35)51-38-15-12-14-37(30-38)48(45-21-10-11-23-49-45)43-19-8-6-17-41(43)42-18-7-9-20-44(42)48/h4-30H,1-3H3. The Hall–Kier alpha value is -6.32. The molecule has 3 nitrogen and oxygen atoms in total. The normalized spacial score (nSPS) is 12.8. The molecule has 0 aliphatic heterocycles.